The first-order valence-corrected chi connectivity index (χ1v) is 12.5. The summed E-state index contributed by atoms with van der Waals surface area (Å²) in [6.45, 7) is 8.01. The molecule has 1 atom stereocenters. The molecule has 0 aliphatic carbocycles. The first-order chi connectivity index (χ1) is 17.3. The Kier molecular flexibility index (Phi) is 7.84. The van der Waals surface area contributed by atoms with Crippen molar-refractivity contribution in [3.63, 3.8) is 0 Å². The number of nitrogens with zero attached hydrogens (tertiary/aromatic N) is 3. The Labute approximate surface area is 212 Å². The van der Waals surface area contributed by atoms with E-state index < -0.39 is 17.7 Å². The molecule has 36 heavy (non-hydrogen) atoms. The van der Waals surface area contributed by atoms with Gasteiger partial charge in [-0.1, -0.05) is 12.1 Å². The van der Waals surface area contributed by atoms with Gasteiger partial charge in [0.2, 0.25) is 0 Å². The minimum absolute atomic E-state index is 0.0946. The number of likely N-dealkylation sites (tertiary alicyclic amines) is 1. The minimum Gasteiger partial charge on any atom is -0.507 e. The maximum absolute atomic E-state index is 13.3. The lowest BCUT2D eigenvalue weighted by Crippen LogP contribution is -2.32. The van der Waals surface area contributed by atoms with Crippen LogP contribution in [0.15, 0.2) is 48.0 Å². The molecule has 192 valence electrons. The van der Waals surface area contributed by atoms with Crippen molar-refractivity contribution < 1.29 is 24.2 Å². The second kappa shape index (κ2) is 11.0. The summed E-state index contributed by atoms with van der Waals surface area (Å²) in [5.41, 5.74) is 2.36. The summed E-state index contributed by atoms with van der Waals surface area (Å²) in [6.07, 6.45) is 0.706. The van der Waals surface area contributed by atoms with E-state index in [9.17, 15) is 14.7 Å². The van der Waals surface area contributed by atoms with Crippen molar-refractivity contribution in [2.45, 2.75) is 26.3 Å². The van der Waals surface area contributed by atoms with Gasteiger partial charge in [0.1, 0.15) is 19.0 Å². The Morgan fingerprint density at radius 1 is 1.00 bits per heavy atom. The zero-order valence-electron chi connectivity index (χ0n) is 21.5. The first-order valence-electron chi connectivity index (χ1n) is 12.5. The Morgan fingerprint density at radius 2 is 1.67 bits per heavy atom. The number of rotatable bonds is 9. The molecule has 1 fully saturated rings. The second-order valence-electron chi connectivity index (χ2n) is 9.27. The summed E-state index contributed by atoms with van der Waals surface area (Å²) in [5, 5.41) is 11.4. The van der Waals surface area contributed by atoms with E-state index in [2.05, 4.69) is 18.7 Å². The molecule has 1 saturated heterocycles. The summed E-state index contributed by atoms with van der Waals surface area (Å²) in [7, 11) is 3.94. The highest BCUT2D eigenvalue weighted by molar-refractivity contribution is 6.46. The van der Waals surface area contributed by atoms with Crippen LogP contribution < -0.4 is 14.4 Å². The van der Waals surface area contributed by atoms with E-state index in [1.807, 2.05) is 43.3 Å². The van der Waals surface area contributed by atoms with E-state index in [-0.39, 0.29) is 11.3 Å². The third-order valence-corrected chi connectivity index (χ3v) is 6.70. The molecule has 1 amide bonds. The highest BCUT2D eigenvalue weighted by Gasteiger charge is 2.45. The summed E-state index contributed by atoms with van der Waals surface area (Å²) < 4.78 is 11.2. The number of benzene rings is 2. The number of aliphatic hydroxyl groups excluding tert-OH is 1. The molecule has 2 aromatic carbocycles. The van der Waals surface area contributed by atoms with Crippen LogP contribution >= 0.6 is 0 Å². The van der Waals surface area contributed by atoms with Crippen LogP contribution in [0, 0.1) is 0 Å². The largest absolute Gasteiger partial charge is 0.507 e. The molecule has 2 aliphatic heterocycles. The lowest BCUT2D eigenvalue weighted by molar-refractivity contribution is -0.139. The molecule has 0 saturated carbocycles. The van der Waals surface area contributed by atoms with E-state index in [1.165, 1.54) is 0 Å². The summed E-state index contributed by atoms with van der Waals surface area (Å²) in [5.74, 6) is -0.384. The van der Waals surface area contributed by atoms with Crippen molar-refractivity contribution in [3.8, 4) is 11.5 Å². The van der Waals surface area contributed by atoms with Crippen molar-refractivity contribution in [3.05, 3.63) is 59.2 Å². The highest BCUT2D eigenvalue weighted by atomic mass is 16.6. The van der Waals surface area contributed by atoms with Crippen LogP contribution in [-0.4, -0.2) is 80.1 Å². The molecule has 2 heterocycles. The predicted molar refractivity (Wildman–Crippen MR) is 140 cm³/mol. The number of carbonyl (C=O) groups excluding carboxylic acids is 2. The third-order valence-electron chi connectivity index (χ3n) is 6.70. The van der Waals surface area contributed by atoms with Crippen LogP contribution in [0.5, 0.6) is 11.5 Å². The average molecular weight is 494 g/mol. The molecule has 8 nitrogen and oxygen atoms in total. The Balaban J connectivity index is 1.77. The van der Waals surface area contributed by atoms with Gasteiger partial charge in [0.05, 0.1) is 11.6 Å². The smallest absolute Gasteiger partial charge is 0.295 e. The van der Waals surface area contributed by atoms with Gasteiger partial charge < -0.3 is 29.3 Å². The van der Waals surface area contributed by atoms with Crippen molar-refractivity contribution in [1.29, 1.82) is 0 Å². The number of hydrogen-bond acceptors (Lipinski definition) is 7. The lowest BCUT2D eigenvalue weighted by Gasteiger charge is -2.27. The number of aliphatic hydroxyl groups is 1. The molecule has 8 heteroatoms. The second-order valence-corrected chi connectivity index (χ2v) is 9.27. The number of ketones is 1. The number of carbonyl (C=O) groups is 2. The van der Waals surface area contributed by atoms with Crippen molar-refractivity contribution in [2.24, 2.45) is 0 Å². The van der Waals surface area contributed by atoms with Crippen molar-refractivity contribution in [2.75, 3.05) is 58.4 Å². The fourth-order valence-electron chi connectivity index (χ4n) is 4.82. The summed E-state index contributed by atoms with van der Waals surface area (Å²) >= 11 is 0. The number of anilines is 1. The van der Waals surface area contributed by atoms with Crippen LogP contribution in [-0.2, 0) is 9.59 Å². The van der Waals surface area contributed by atoms with Crippen LogP contribution in [0.1, 0.15) is 37.4 Å². The molecule has 2 aromatic rings. The normalized spacial score (nSPS) is 18.7. The molecule has 4 rings (SSSR count). The maximum Gasteiger partial charge on any atom is 0.295 e. The van der Waals surface area contributed by atoms with Crippen molar-refractivity contribution in [1.82, 2.24) is 9.80 Å². The van der Waals surface area contributed by atoms with Gasteiger partial charge in [-0.05, 0) is 76.8 Å². The summed E-state index contributed by atoms with van der Waals surface area (Å²) in [6, 6.07) is 12.3. The number of hydrogen-bond donors (Lipinski definition) is 1. The van der Waals surface area contributed by atoms with Gasteiger partial charge in [-0.2, -0.15) is 0 Å². The summed E-state index contributed by atoms with van der Waals surface area (Å²) in [4.78, 5) is 32.3. The Bertz CT molecular complexity index is 1140. The van der Waals surface area contributed by atoms with Gasteiger partial charge in [0, 0.05) is 30.9 Å². The van der Waals surface area contributed by atoms with Gasteiger partial charge in [-0.25, -0.2) is 0 Å². The van der Waals surface area contributed by atoms with Gasteiger partial charge in [0.15, 0.2) is 11.5 Å². The molecule has 0 aromatic heterocycles. The van der Waals surface area contributed by atoms with Gasteiger partial charge in [0.25, 0.3) is 11.7 Å². The molecular formula is C28H35N3O5. The van der Waals surface area contributed by atoms with Crippen LogP contribution in [0.4, 0.5) is 5.69 Å². The lowest BCUT2D eigenvalue weighted by atomic mass is 9.94. The molecule has 1 unspecified atom stereocenters. The number of ether oxygens (including phenoxy) is 2. The molecule has 0 radical (unpaired) electrons. The first kappa shape index (κ1) is 25.6. The fourth-order valence-corrected chi connectivity index (χ4v) is 4.82. The minimum atomic E-state index is -0.676. The fraction of sp³-hybridized carbons (Fsp3) is 0.429. The average Bonchev–Trinajstić information content (AvgIpc) is 3.14. The van der Waals surface area contributed by atoms with Gasteiger partial charge >= 0.3 is 0 Å². The Morgan fingerprint density at radius 3 is 2.31 bits per heavy atom. The zero-order valence-corrected chi connectivity index (χ0v) is 21.5. The van der Waals surface area contributed by atoms with Crippen molar-refractivity contribution >= 4 is 23.1 Å². The maximum atomic E-state index is 13.3. The van der Waals surface area contributed by atoms with Crippen LogP contribution in [0.3, 0.4) is 0 Å². The Hall–Kier alpha value is -3.52. The van der Waals surface area contributed by atoms with Gasteiger partial charge in [-0.15, -0.1) is 0 Å². The highest BCUT2D eigenvalue weighted by Crippen LogP contribution is 2.41. The molecular weight excluding hydrogens is 458 g/mol. The van der Waals surface area contributed by atoms with E-state index in [4.69, 9.17) is 9.47 Å². The van der Waals surface area contributed by atoms with E-state index >= 15 is 0 Å². The third kappa shape index (κ3) is 5.04. The van der Waals surface area contributed by atoms with E-state index in [0.29, 0.717) is 43.2 Å². The number of Topliss-reactive ketones (excluding diaryl/α,β-unsaturated/α-hetero) is 1. The molecule has 1 N–H and O–H groups in total. The zero-order chi connectivity index (χ0) is 25.8. The van der Waals surface area contributed by atoms with E-state index in [0.717, 1.165) is 30.9 Å². The van der Waals surface area contributed by atoms with Crippen LogP contribution in [0.2, 0.25) is 0 Å². The number of fused-ring (bicyclic) bond motifs is 1. The number of amides is 1. The molecule has 0 spiro atoms. The van der Waals surface area contributed by atoms with Gasteiger partial charge in [-0.3, -0.25) is 9.59 Å². The van der Waals surface area contributed by atoms with Crippen LogP contribution in [0.25, 0.3) is 5.76 Å². The topological polar surface area (TPSA) is 82.5 Å². The molecule has 2 aliphatic rings. The SMILES string of the molecule is CCN(CC)c1ccc(C2/C(=C(/O)c3ccc4c(c3)OCCO4)C(=O)C(=O)N2CCCN(C)C)cc1. The van der Waals surface area contributed by atoms with E-state index in [1.54, 1.807) is 23.1 Å². The molecule has 0 bridgehead atoms. The quantitative estimate of drug-likeness (QED) is 0.324. The standard InChI is InChI=1S/C28H35N3O5/c1-5-30(6-2)21-11-8-19(9-12-21)25-24(27(33)28(34)31(25)15-7-14-29(3)4)26(32)20-10-13-22-23(18-20)36-17-16-35-22/h8-13,18,25,32H,5-7,14-17H2,1-4H3/b26-24-. The monoisotopic (exact) mass is 493 g/mol. The predicted octanol–water partition coefficient (Wildman–Crippen LogP) is 3.68.